The van der Waals surface area contributed by atoms with Crippen molar-refractivity contribution in [3.8, 4) is 0 Å². The molecular formula is C17H19N3O4S. The molecule has 0 saturated carbocycles. The van der Waals surface area contributed by atoms with E-state index in [0.29, 0.717) is 11.4 Å². The van der Waals surface area contributed by atoms with Crippen LogP contribution in [0.25, 0.3) is 0 Å². The van der Waals surface area contributed by atoms with Crippen molar-refractivity contribution in [2.45, 2.75) is 31.7 Å². The third-order valence-electron chi connectivity index (χ3n) is 3.46. The summed E-state index contributed by atoms with van der Waals surface area (Å²) in [6, 6.07) is 7.93. The van der Waals surface area contributed by atoms with Crippen molar-refractivity contribution in [1.29, 1.82) is 0 Å². The number of hydrogen-bond acceptors (Lipinski definition) is 5. The molecule has 25 heavy (non-hydrogen) atoms. The molecule has 1 amide bonds. The lowest BCUT2D eigenvalue weighted by Crippen LogP contribution is -2.41. The Hall–Kier alpha value is -2.58. The Morgan fingerprint density at radius 3 is 2.24 bits per heavy atom. The lowest BCUT2D eigenvalue weighted by atomic mass is 10.2. The largest absolute Gasteiger partial charge is 0.309 e. The summed E-state index contributed by atoms with van der Waals surface area (Å²) < 4.78 is 27.0. The van der Waals surface area contributed by atoms with Crippen LogP contribution in [0.3, 0.4) is 0 Å². The van der Waals surface area contributed by atoms with Gasteiger partial charge in [-0.3, -0.25) is 9.59 Å². The number of carbonyl (C=O) groups is 2. The monoisotopic (exact) mass is 361 g/mol. The lowest BCUT2D eigenvalue weighted by molar-refractivity contribution is -0.117. The van der Waals surface area contributed by atoms with E-state index in [0.717, 1.165) is 5.56 Å². The fraction of sp³-hybridized carbons (Fsp3) is 0.235. The average molecular weight is 361 g/mol. The number of pyridine rings is 1. The second-order valence-electron chi connectivity index (χ2n) is 5.63. The minimum Gasteiger partial charge on any atom is -0.309 e. The van der Waals surface area contributed by atoms with Gasteiger partial charge in [0.05, 0.1) is 10.9 Å². The molecule has 2 rings (SSSR count). The number of aryl methyl sites for hydroxylation is 1. The Labute approximate surface area is 146 Å². The normalized spacial score (nSPS) is 12.4. The van der Waals surface area contributed by atoms with E-state index in [1.54, 1.807) is 18.3 Å². The zero-order chi connectivity index (χ0) is 18.6. The zero-order valence-corrected chi connectivity index (χ0v) is 14.9. The van der Waals surface area contributed by atoms with Crippen molar-refractivity contribution in [2.75, 3.05) is 5.32 Å². The first-order chi connectivity index (χ1) is 11.7. The van der Waals surface area contributed by atoms with Gasteiger partial charge in [0.25, 0.3) is 0 Å². The van der Waals surface area contributed by atoms with Gasteiger partial charge in [-0.15, -0.1) is 0 Å². The zero-order valence-electron chi connectivity index (χ0n) is 14.1. The number of amides is 1. The molecule has 1 aromatic heterocycles. The standard InChI is InChI=1S/C17H19N3O4S/c1-11-4-9-16(18-10-11)19-17(22)12(2)20-25(23,24)15-7-5-14(6-8-15)13(3)21/h4-10,12,20H,1-3H3,(H,18,19,22)/t12-/m1/s1. The Morgan fingerprint density at radius 1 is 1.08 bits per heavy atom. The molecule has 0 aliphatic carbocycles. The maximum absolute atomic E-state index is 12.3. The minimum atomic E-state index is -3.89. The Morgan fingerprint density at radius 2 is 1.72 bits per heavy atom. The maximum Gasteiger partial charge on any atom is 0.243 e. The van der Waals surface area contributed by atoms with Crippen LogP contribution in [0, 0.1) is 6.92 Å². The second kappa shape index (κ2) is 7.54. The lowest BCUT2D eigenvalue weighted by Gasteiger charge is -2.14. The van der Waals surface area contributed by atoms with Gasteiger partial charge in [0.2, 0.25) is 15.9 Å². The highest BCUT2D eigenvalue weighted by Crippen LogP contribution is 2.12. The number of ketones is 1. The SMILES string of the molecule is CC(=O)c1ccc(S(=O)(=O)N[C@H](C)C(=O)Nc2ccc(C)cn2)cc1. The molecule has 132 valence electrons. The van der Waals surface area contributed by atoms with Gasteiger partial charge in [0.15, 0.2) is 5.78 Å². The van der Waals surface area contributed by atoms with E-state index in [1.165, 1.54) is 38.1 Å². The molecule has 0 aliphatic rings. The molecule has 0 saturated heterocycles. The predicted molar refractivity (Wildman–Crippen MR) is 93.8 cm³/mol. The molecule has 0 spiro atoms. The van der Waals surface area contributed by atoms with Crippen molar-refractivity contribution in [2.24, 2.45) is 0 Å². The van der Waals surface area contributed by atoms with Gasteiger partial charge in [-0.1, -0.05) is 18.2 Å². The first kappa shape index (κ1) is 18.8. The Balaban J connectivity index is 2.06. The summed E-state index contributed by atoms with van der Waals surface area (Å²) in [6.45, 7) is 4.70. The van der Waals surface area contributed by atoms with E-state index in [2.05, 4.69) is 15.0 Å². The smallest absolute Gasteiger partial charge is 0.243 e. The highest BCUT2D eigenvalue weighted by Gasteiger charge is 2.22. The van der Waals surface area contributed by atoms with Crippen LogP contribution in [-0.4, -0.2) is 31.1 Å². The Bertz CT molecular complexity index is 875. The summed E-state index contributed by atoms with van der Waals surface area (Å²) in [4.78, 5) is 27.4. The molecule has 1 atom stereocenters. The molecule has 2 N–H and O–H groups in total. The fourth-order valence-corrected chi connectivity index (χ4v) is 3.20. The molecule has 1 aromatic carbocycles. The number of aromatic nitrogens is 1. The van der Waals surface area contributed by atoms with E-state index >= 15 is 0 Å². The van der Waals surface area contributed by atoms with E-state index in [-0.39, 0.29) is 10.7 Å². The summed E-state index contributed by atoms with van der Waals surface area (Å²) in [6.07, 6.45) is 1.60. The fourth-order valence-electron chi connectivity index (χ4n) is 2.00. The number of hydrogen-bond donors (Lipinski definition) is 2. The van der Waals surface area contributed by atoms with Gasteiger partial charge in [0, 0.05) is 11.8 Å². The maximum atomic E-state index is 12.3. The number of benzene rings is 1. The van der Waals surface area contributed by atoms with Crippen molar-refractivity contribution < 1.29 is 18.0 Å². The molecular weight excluding hydrogens is 342 g/mol. The molecule has 0 bridgehead atoms. The second-order valence-corrected chi connectivity index (χ2v) is 7.35. The number of rotatable bonds is 6. The first-order valence-electron chi connectivity index (χ1n) is 7.56. The number of sulfonamides is 1. The van der Waals surface area contributed by atoms with Gasteiger partial charge < -0.3 is 5.32 Å². The first-order valence-corrected chi connectivity index (χ1v) is 9.04. The molecule has 0 fully saturated rings. The third kappa shape index (κ3) is 4.94. The average Bonchev–Trinajstić information content (AvgIpc) is 2.56. The van der Waals surface area contributed by atoms with Gasteiger partial charge in [0.1, 0.15) is 5.82 Å². The minimum absolute atomic E-state index is 0.0226. The number of Topliss-reactive ketones (excluding diaryl/α,β-unsaturated/α-hetero) is 1. The van der Waals surface area contributed by atoms with Gasteiger partial charge in [-0.05, 0) is 44.5 Å². The van der Waals surface area contributed by atoms with Crippen LogP contribution in [0.4, 0.5) is 5.82 Å². The van der Waals surface area contributed by atoms with Crippen LogP contribution in [0.5, 0.6) is 0 Å². The molecule has 0 unspecified atom stereocenters. The molecule has 8 heteroatoms. The van der Waals surface area contributed by atoms with Crippen LogP contribution in [0.15, 0.2) is 47.5 Å². The molecule has 7 nitrogen and oxygen atoms in total. The molecule has 0 aliphatic heterocycles. The highest BCUT2D eigenvalue weighted by molar-refractivity contribution is 7.89. The van der Waals surface area contributed by atoms with Gasteiger partial charge >= 0.3 is 0 Å². The van der Waals surface area contributed by atoms with E-state index in [4.69, 9.17) is 0 Å². The van der Waals surface area contributed by atoms with Crippen LogP contribution >= 0.6 is 0 Å². The van der Waals surface area contributed by atoms with Crippen LogP contribution in [0.2, 0.25) is 0 Å². The van der Waals surface area contributed by atoms with Crippen molar-refractivity contribution in [3.63, 3.8) is 0 Å². The summed E-state index contributed by atoms with van der Waals surface area (Å²) >= 11 is 0. The number of anilines is 1. The van der Waals surface area contributed by atoms with Crippen molar-refractivity contribution >= 4 is 27.5 Å². The van der Waals surface area contributed by atoms with Gasteiger partial charge in [-0.25, -0.2) is 13.4 Å². The Kier molecular flexibility index (Phi) is 5.66. The van der Waals surface area contributed by atoms with Crippen molar-refractivity contribution in [3.05, 3.63) is 53.7 Å². The van der Waals surface area contributed by atoms with Crippen LogP contribution in [0.1, 0.15) is 29.8 Å². The van der Waals surface area contributed by atoms with Crippen molar-refractivity contribution in [1.82, 2.24) is 9.71 Å². The molecule has 2 aromatic rings. The highest BCUT2D eigenvalue weighted by atomic mass is 32.2. The van der Waals surface area contributed by atoms with Crippen LogP contribution < -0.4 is 10.0 Å². The third-order valence-corrected chi connectivity index (χ3v) is 5.02. The van der Waals surface area contributed by atoms with E-state index < -0.39 is 22.0 Å². The molecule has 0 radical (unpaired) electrons. The summed E-state index contributed by atoms with van der Waals surface area (Å²) in [5, 5.41) is 2.55. The van der Waals surface area contributed by atoms with Gasteiger partial charge in [-0.2, -0.15) is 4.72 Å². The van der Waals surface area contributed by atoms with E-state index in [9.17, 15) is 18.0 Å². The van der Waals surface area contributed by atoms with Crippen LogP contribution in [-0.2, 0) is 14.8 Å². The quantitative estimate of drug-likeness (QED) is 0.765. The predicted octanol–water partition coefficient (Wildman–Crippen LogP) is 1.90. The molecule has 1 heterocycles. The van der Waals surface area contributed by atoms with E-state index in [1.807, 2.05) is 6.92 Å². The number of carbonyl (C=O) groups excluding carboxylic acids is 2. The summed E-state index contributed by atoms with van der Waals surface area (Å²) in [7, 11) is -3.89. The topological polar surface area (TPSA) is 105 Å². The number of nitrogens with zero attached hydrogens (tertiary/aromatic N) is 1. The number of nitrogens with one attached hydrogen (secondary N) is 2. The summed E-state index contributed by atoms with van der Waals surface area (Å²) in [5.74, 6) is -0.344. The summed E-state index contributed by atoms with van der Waals surface area (Å²) in [5.41, 5.74) is 1.36.